The molecule has 0 aliphatic carbocycles. The average molecular weight is 370 g/mol. The molecule has 1 heterocycles. The van der Waals surface area contributed by atoms with E-state index in [4.69, 9.17) is 0 Å². The lowest BCUT2D eigenvalue weighted by molar-refractivity contribution is -0.384. The summed E-state index contributed by atoms with van der Waals surface area (Å²) in [5.74, 6) is -0.829. The number of hydrogen-bond acceptors (Lipinski definition) is 6. The molecule has 3 rings (SSSR count). The molecule has 7 nitrogen and oxygen atoms in total. The van der Waals surface area contributed by atoms with Gasteiger partial charge in [0.05, 0.1) is 16.0 Å². The molecule has 1 fully saturated rings. The van der Waals surface area contributed by atoms with E-state index in [1.807, 2.05) is 0 Å². The fourth-order valence-corrected chi connectivity index (χ4v) is 2.84. The average Bonchev–Trinajstić information content (AvgIpc) is 2.97. The maximum absolute atomic E-state index is 13.7. The highest BCUT2D eigenvalue weighted by Gasteiger charge is 2.24. The number of nitro benzene ring substituents is 1. The fourth-order valence-electron chi connectivity index (χ4n) is 2.08. The maximum atomic E-state index is 13.7. The minimum absolute atomic E-state index is 0.0553. The molecular formula is C17H11FN4O3S. The van der Waals surface area contributed by atoms with E-state index in [0.29, 0.717) is 16.0 Å². The Morgan fingerprint density at radius 2 is 2.00 bits per heavy atom. The third kappa shape index (κ3) is 4.19. The van der Waals surface area contributed by atoms with E-state index in [2.05, 4.69) is 15.5 Å². The standard InChI is InChI=1S/C17H11FN4O3S/c18-14-7-2-1-5-12(14)9-15-16(23)20-17(26-15)21-19-10-11-4-3-6-13(8-11)22(24)25/h1-10H,(H,20,21,23)/b15-9-,19-10?. The zero-order valence-corrected chi connectivity index (χ0v) is 13.9. The van der Waals surface area contributed by atoms with E-state index < -0.39 is 16.6 Å². The lowest BCUT2D eigenvalue weighted by Crippen LogP contribution is -2.19. The zero-order valence-electron chi connectivity index (χ0n) is 13.1. The molecule has 0 radical (unpaired) electrons. The van der Waals surface area contributed by atoms with Crippen molar-refractivity contribution in [1.82, 2.24) is 5.32 Å². The summed E-state index contributed by atoms with van der Waals surface area (Å²) in [7, 11) is 0. The summed E-state index contributed by atoms with van der Waals surface area (Å²) in [6.45, 7) is 0. The molecule has 130 valence electrons. The van der Waals surface area contributed by atoms with Crippen LogP contribution in [0.4, 0.5) is 10.1 Å². The molecular weight excluding hydrogens is 359 g/mol. The van der Waals surface area contributed by atoms with Gasteiger partial charge in [0.2, 0.25) is 0 Å². The van der Waals surface area contributed by atoms with Crippen LogP contribution in [0.3, 0.4) is 0 Å². The predicted octanol–water partition coefficient (Wildman–Crippen LogP) is 3.33. The number of nitrogens with one attached hydrogen (secondary N) is 1. The van der Waals surface area contributed by atoms with Crippen LogP contribution in [0.5, 0.6) is 0 Å². The Balaban J connectivity index is 1.73. The summed E-state index contributed by atoms with van der Waals surface area (Å²) in [4.78, 5) is 22.4. The zero-order chi connectivity index (χ0) is 18.5. The summed E-state index contributed by atoms with van der Waals surface area (Å²) in [6, 6.07) is 12.0. The quantitative estimate of drug-likeness (QED) is 0.386. The van der Waals surface area contributed by atoms with E-state index in [1.165, 1.54) is 36.6 Å². The van der Waals surface area contributed by atoms with Crippen molar-refractivity contribution in [3.63, 3.8) is 0 Å². The summed E-state index contributed by atoms with van der Waals surface area (Å²) >= 11 is 1.03. The van der Waals surface area contributed by atoms with E-state index in [0.717, 1.165) is 11.8 Å². The second-order valence-corrected chi connectivity index (χ2v) is 6.12. The molecule has 1 aliphatic rings. The van der Waals surface area contributed by atoms with Gasteiger partial charge in [0.25, 0.3) is 11.6 Å². The minimum Gasteiger partial charge on any atom is -0.299 e. The molecule has 1 N–H and O–H groups in total. The molecule has 1 aliphatic heterocycles. The number of hydrogen-bond donors (Lipinski definition) is 1. The first-order chi connectivity index (χ1) is 12.5. The molecule has 0 unspecified atom stereocenters. The number of amides is 1. The SMILES string of the molecule is O=C1NC(=NN=Cc2cccc([N+](=O)[O-])c2)S/C1=C\c1ccccc1F. The van der Waals surface area contributed by atoms with Gasteiger partial charge in [-0.15, -0.1) is 5.10 Å². The van der Waals surface area contributed by atoms with Crippen molar-refractivity contribution in [2.24, 2.45) is 10.2 Å². The Bertz CT molecular complexity index is 972. The number of benzene rings is 2. The number of nitrogens with zero attached hydrogens (tertiary/aromatic N) is 3. The number of nitro groups is 1. The Kier molecular flexibility index (Phi) is 5.18. The highest BCUT2D eigenvalue weighted by atomic mass is 32.2. The molecule has 0 saturated carbocycles. The van der Waals surface area contributed by atoms with Crippen LogP contribution in [-0.4, -0.2) is 22.2 Å². The van der Waals surface area contributed by atoms with Gasteiger partial charge in [0.1, 0.15) is 5.82 Å². The highest BCUT2D eigenvalue weighted by Crippen LogP contribution is 2.26. The van der Waals surface area contributed by atoms with Crippen molar-refractivity contribution >= 4 is 40.8 Å². The summed E-state index contributed by atoms with van der Waals surface area (Å²) < 4.78 is 13.7. The van der Waals surface area contributed by atoms with Crippen LogP contribution < -0.4 is 5.32 Å². The first kappa shape index (κ1) is 17.5. The number of halogens is 1. The van der Waals surface area contributed by atoms with Gasteiger partial charge in [-0.2, -0.15) is 5.10 Å². The molecule has 0 aromatic heterocycles. The van der Waals surface area contributed by atoms with Crippen LogP contribution in [0.1, 0.15) is 11.1 Å². The fraction of sp³-hybridized carbons (Fsp3) is 0. The van der Waals surface area contributed by atoms with E-state index in [9.17, 15) is 19.3 Å². The van der Waals surface area contributed by atoms with Crippen LogP contribution >= 0.6 is 11.8 Å². The van der Waals surface area contributed by atoms with Crippen molar-refractivity contribution in [3.05, 3.63) is 80.5 Å². The van der Waals surface area contributed by atoms with Gasteiger partial charge in [0.15, 0.2) is 5.17 Å². The minimum atomic E-state index is -0.504. The molecule has 0 atom stereocenters. The molecule has 2 aromatic rings. The molecule has 0 spiro atoms. The van der Waals surface area contributed by atoms with Crippen molar-refractivity contribution in [1.29, 1.82) is 0 Å². The van der Waals surface area contributed by atoms with E-state index >= 15 is 0 Å². The first-order valence-electron chi connectivity index (χ1n) is 7.34. The molecule has 1 amide bonds. The first-order valence-corrected chi connectivity index (χ1v) is 8.15. The van der Waals surface area contributed by atoms with Crippen LogP contribution in [0.25, 0.3) is 6.08 Å². The lowest BCUT2D eigenvalue weighted by Gasteiger charge is -1.96. The number of rotatable bonds is 4. The van der Waals surface area contributed by atoms with Crippen LogP contribution in [0.15, 0.2) is 63.6 Å². The largest absolute Gasteiger partial charge is 0.299 e. The highest BCUT2D eigenvalue weighted by molar-refractivity contribution is 8.18. The van der Waals surface area contributed by atoms with Crippen molar-refractivity contribution in [3.8, 4) is 0 Å². The number of amidine groups is 1. The lowest BCUT2D eigenvalue weighted by atomic mass is 10.2. The predicted molar refractivity (Wildman–Crippen MR) is 98.2 cm³/mol. The summed E-state index contributed by atoms with van der Waals surface area (Å²) in [5, 5.41) is 21.2. The van der Waals surface area contributed by atoms with Gasteiger partial charge in [0, 0.05) is 23.3 Å². The monoisotopic (exact) mass is 370 g/mol. The maximum Gasteiger partial charge on any atom is 0.270 e. The van der Waals surface area contributed by atoms with Gasteiger partial charge in [-0.05, 0) is 23.9 Å². The summed E-state index contributed by atoms with van der Waals surface area (Å²) in [6.07, 6.45) is 2.77. The van der Waals surface area contributed by atoms with Crippen molar-refractivity contribution in [2.75, 3.05) is 0 Å². The van der Waals surface area contributed by atoms with Gasteiger partial charge in [-0.25, -0.2) is 4.39 Å². The second-order valence-electron chi connectivity index (χ2n) is 5.09. The Morgan fingerprint density at radius 3 is 2.77 bits per heavy atom. The Morgan fingerprint density at radius 1 is 1.19 bits per heavy atom. The van der Waals surface area contributed by atoms with Crippen LogP contribution in [-0.2, 0) is 4.79 Å². The van der Waals surface area contributed by atoms with Gasteiger partial charge < -0.3 is 0 Å². The summed E-state index contributed by atoms with van der Waals surface area (Å²) in [5.41, 5.74) is 0.742. The van der Waals surface area contributed by atoms with E-state index in [1.54, 1.807) is 24.3 Å². The third-order valence-corrected chi connectivity index (χ3v) is 4.18. The van der Waals surface area contributed by atoms with Crippen molar-refractivity contribution < 1.29 is 14.1 Å². The van der Waals surface area contributed by atoms with Crippen LogP contribution in [0.2, 0.25) is 0 Å². The Hall–Kier alpha value is -3.33. The molecule has 0 bridgehead atoms. The molecule has 2 aromatic carbocycles. The number of non-ortho nitro benzene ring substituents is 1. The van der Waals surface area contributed by atoms with Gasteiger partial charge >= 0.3 is 0 Å². The third-order valence-electron chi connectivity index (χ3n) is 3.28. The van der Waals surface area contributed by atoms with Gasteiger partial charge in [-0.3, -0.25) is 20.2 Å². The second kappa shape index (κ2) is 7.70. The number of carbonyl (C=O) groups excluding carboxylic acids is 1. The molecule has 1 saturated heterocycles. The van der Waals surface area contributed by atoms with Crippen LogP contribution in [0, 0.1) is 15.9 Å². The van der Waals surface area contributed by atoms with Gasteiger partial charge in [-0.1, -0.05) is 30.3 Å². The van der Waals surface area contributed by atoms with E-state index in [-0.39, 0.29) is 10.9 Å². The Labute approximate surface area is 151 Å². The normalized spacial score (nSPS) is 17.2. The molecule has 26 heavy (non-hydrogen) atoms. The smallest absolute Gasteiger partial charge is 0.270 e. The topological polar surface area (TPSA) is 97.0 Å². The van der Waals surface area contributed by atoms with Crippen molar-refractivity contribution in [2.45, 2.75) is 0 Å². The number of carbonyl (C=O) groups is 1. The number of thioether (sulfide) groups is 1. The molecule has 9 heteroatoms.